The Balaban J connectivity index is 1.68. The van der Waals surface area contributed by atoms with Crippen LogP contribution < -0.4 is 5.32 Å². The van der Waals surface area contributed by atoms with Crippen molar-refractivity contribution in [1.29, 1.82) is 0 Å². The van der Waals surface area contributed by atoms with Crippen molar-refractivity contribution in [3.05, 3.63) is 11.1 Å². The number of nitrogens with zero attached hydrogens (tertiary/aromatic N) is 2. The summed E-state index contributed by atoms with van der Waals surface area (Å²) in [5.74, 6) is -1.02. The number of hydrogen-bond donors (Lipinski definition) is 2. The number of carboxylic acids is 1. The van der Waals surface area contributed by atoms with E-state index in [1.54, 1.807) is 0 Å². The Labute approximate surface area is 133 Å². The maximum Gasteiger partial charge on any atom is 0.427 e. The molecule has 126 valence electrons. The molecule has 2 amide bonds. The molecule has 0 aromatic carbocycles. The Hall–Kier alpha value is -1.84. The molecule has 2 fully saturated rings. The number of amides is 2. The fourth-order valence-corrected chi connectivity index (χ4v) is 4.10. The standard InChI is InChI=1S/C13H14F3N3O3S/c14-13(15,16)8-4-17-10(23-8)18-11(22)19-5-7-2-1-3-12(7,6-19)9(20)21/h4,7H,1-3,5-6H2,(H,20,21)(H,17,18,22)/t7-,12+/m0/s1. The van der Waals surface area contributed by atoms with Crippen molar-refractivity contribution >= 4 is 28.5 Å². The molecule has 6 nitrogen and oxygen atoms in total. The zero-order valence-corrected chi connectivity index (χ0v) is 12.7. The van der Waals surface area contributed by atoms with Crippen LogP contribution in [0.2, 0.25) is 0 Å². The van der Waals surface area contributed by atoms with Crippen LogP contribution in [0.5, 0.6) is 0 Å². The van der Waals surface area contributed by atoms with Gasteiger partial charge in [0.1, 0.15) is 4.88 Å². The fourth-order valence-electron chi connectivity index (χ4n) is 3.43. The van der Waals surface area contributed by atoms with E-state index in [-0.39, 0.29) is 17.6 Å². The third kappa shape index (κ3) is 2.75. The minimum atomic E-state index is -4.50. The van der Waals surface area contributed by atoms with Crippen LogP contribution in [0.3, 0.4) is 0 Å². The molecule has 2 atom stereocenters. The van der Waals surface area contributed by atoms with Crippen LogP contribution in [0.1, 0.15) is 24.1 Å². The Morgan fingerprint density at radius 1 is 1.48 bits per heavy atom. The second-order valence-electron chi connectivity index (χ2n) is 5.89. The minimum absolute atomic E-state index is 0.0797. The number of thiazole rings is 1. The molecule has 0 unspecified atom stereocenters. The van der Waals surface area contributed by atoms with Crippen LogP contribution in [0.25, 0.3) is 0 Å². The fraction of sp³-hybridized carbons (Fsp3) is 0.615. The maximum absolute atomic E-state index is 12.5. The molecule has 0 radical (unpaired) electrons. The minimum Gasteiger partial charge on any atom is -0.481 e. The van der Waals surface area contributed by atoms with Crippen molar-refractivity contribution in [3.63, 3.8) is 0 Å². The van der Waals surface area contributed by atoms with Gasteiger partial charge in [-0.2, -0.15) is 13.2 Å². The molecule has 1 saturated carbocycles. The second kappa shape index (κ2) is 5.36. The zero-order valence-electron chi connectivity index (χ0n) is 11.9. The highest BCUT2D eigenvalue weighted by Gasteiger charge is 2.55. The highest BCUT2D eigenvalue weighted by Crippen LogP contribution is 2.49. The van der Waals surface area contributed by atoms with E-state index >= 15 is 0 Å². The summed E-state index contributed by atoms with van der Waals surface area (Å²) in [6, 6.07) is -0.608. The van der Waals surface area contributed by atoms with Gasteiger partial charge in [-0.15, -0.1) is 0 Å². The van der Waals surface area contributed by atoms with Crippen LogP contribution in [0.15, 0.2) is 6.20 Å². The average Bonchev–Trinajstić information content (AvgIpc) is 3.09. The summed E-state index contributed by atoms with van der Waals surface area (Å²) < 4.78 is 37.6. The number of carbonyl (C=O) groups excluding carboxylic acids is 1. The first-order valence-electron chi connectivity index (χ1n) is 7.05. The van der Waals surface area contributed by atoms with Crippen molar-refractivity contribution in [1.82, 2.24) is 9.88 Å². The summed E-state index contributed by atoms with van der Waals surface area (Å²) in [6.45, 7) is 0.381. The highest BCUT2D eigenvalue weighted by atomic mass is 32.1. The van der Waals surface area contributed by atoms with Gasteiger partial charge in [-0.25, -0.2) is 9.78 Å². The van der Waals surface area contributed by atoms with E-state index in [0.717, 1.165) is 12.8 Å². The Morgan fingerprint density at radius 2 is 2.22 bits per heavy atom. The number of aromatic nitrogens is 1. The number of hydrogen-bond acceptors (Lipinski definition) is 4. The number of alkyl halides is 3. The van der Waals surface area contributed by atoms with Crippen molar-refractivity contribution in [2.75, 3.05) is 18.4 Å². The number of fused-ring (bicyclic) bond motifs is 1. The third-order valence-corrected chi connectivity index (χ3v) is 5.54. The van der Waals surface area contributed by atoms with Gasteiger partial charge in [-0.3, -0.25) is 10.1 Å². The van der Waals surface area contributed by atoms with Crippen molar-refractivity contribution in [2.45, 2.75) is 25.4 Å². The lowest BCUT2D eigenvalue weighted by atomic mass is 9.81. The molecule has 23 heavy (non-hydrogen) atoms. The molecular weight excluding hydrogens is 335 g/mol. The molecule has 2 N–H and O–H groups in total. The van der Waals surface area contributed by atoms with Crippen LogP contribution >= 0.6 is 11.3 Å². The quantitative estimate of drug-likeness (QED) is 0.860. The summed E-state index contributed by atoms with van der Waals surface area (Å²) >= 11 is 0.343. The average molecular weight is 349 g/mol. The first-order valence-corrected chi connectivity index (χ1v) is 7.86. The van der Waals surface area contributed by atoms with Gasteiger partial charge in [0, 0.05) is 13.1 Å². The smallest absolute Gasteiger partial charge is 0.427 e. The summed E-state index contributed by atoms with van der Waals surface area (Å²) in [4.78, 5) is 27.7. The van der Waals surface area contributed by atoms with E-state index in [2.05, 4.69) is 10.3 Å². The molecule has 2 heterocycles. The van der Waals surface area contributed by atoms with Gasteiger partial charge in [-0.1, -0.05) is 17.8 Å². The summed E-state index contributed by atoms with van der Waals surface area (Å²) in [5, 5.41) is 11.6. The molecule has 1 aliphatic carbocycles. The largest absolute Gasteiger partial charge is 0.481 e. The molecule has 1 saturated heterocycles. The topological polar surface area (TPSA) is 82.5 Å². The Morgan fingerprint density at radius 3 is 2.78 bits per heavy atom. The lowest BCUT2D eigenvalue weighted by molar-refractivity contribution is -0.149. The zero-order chi connectivity index (χ0) is 16.8. The molecule has 3 rings (SSSR count). The van der Waals surface area contributed by atoms with Crippen LogP contribution in [-0.4, -0.2) is 40.1 Å². The maximum atomic E-state index is 12.5. The first kappa shape index (κ1) is 16.0. The number of carboxylic acid groups (broad SMARTS) is 1. The Kier molecular flexibility index (Phi) is 3.74. The summed E-state index contributed by atoms with van der Waals surface area (Å²) in [7, 11) is 0. The molecule has 2 aliphatic rings. The predicted molar refractivity (Wildman–Crippen MR) is 75.1 cm³/mol. The Bertz CT molecular complexity index is 648. The molecule has 0 bridgehead atoms. The van der Waals surface area contributed by atoms with Gasteiger partial charge in [0.15, 0.2) is 5.13 Å². The number of carbonyl (C=O) groups is 2. The van der Waals surface area contributed by atoms with Gasteiger partial charge in [-0.05, 0) is 18.8 Å². The van der Waals surface area contributed by atoms with E-state index in [9.17, 15) is 27.9 Å². The van der Waals surface area contributed by atoms with Gasteiger partial charge >= 0.3 is 18.2 Å². The molecule has 1 aliphatic heterocycles. The van der Waals surface area contributed by atoms with Crippen LogP contribution in [-0.2, 0) is 11.0 Å². The van der Waals surface area contributed by atoms with E-state index < -0.39 is 28.5 Å². The molecule has 10 heteroatoms. The molecule has 1 aromatic rings. The lowest BCUT2D eigenvalue weighted by Crippen LogP contribution is -2.38. The number of likely N-dealkylation sites (tertiary alicyclic amines) is 1. The number of anilines is 1. The monoisotopic (exact) mass is 349 g/mol. The number of aliphatic carboxylic acids is 1. The van der Waals surface area contributed by atoms with E-state index in [1.807, 2.05) is 0 Å². The predicted octanol–water partition coefficient (Wildman–Crippen LogP) is 2.88. The number of nitrogens with one attached hydrogen (secondary N) is 1. The summed E-state index contributed by atoms with van der Waals surface area (Å²) in [5.41, 5.74) is -0.919. The van der Waals surface area contributed by atoms with Crippen molar-refractivity contribution in [2.24, 2.45) is 11.3 Å². The van der Waals surface area contributed by atoms with Crippen molar-refractivity contribution in [3.8, 4) is 0 Å². The molecule has 1 aromatic heterocycles. The summed E-state index contributed by atoms with van der Waals surface area (Å²) in [6.07, 6.45) is -1.76. The van der Waals surface area contributed by atoms with Crippen LogP contribution in [0.4, 0.5) is 23.1 Å². The van der Waals surface area contributed by atoms with E-state index in [4.69, 9.17) is 0 Å². The number of halogens is 3. The second-order valence-corrected chi connectivity index (χ2v) is 6.92. The third-order valence-electron chi connectivity index (χ3n) is 4.58. The van der Waals surface area contributed by atoms with Gasteiger partial charge < -0.3 is 10.0 Å². The lowest BCUT2D eigenvalue weighted by Gasteiger charge is -2.23. The highest BCUT2D eigenvalue weighted by molar-refractivity contribution is 7.15. The van der Waals surface area contributed by atoms with Gasteiger partial charge in [0.05, 0.1) is 11.6 Å². The van der Waals surface area contributed by atoms with E-state index in [0.29, 0.717) is 30.5 Å². The van der Waals surface area contributed by atoms with E-state index in [1.165, 1.54) is 4.90 Å². The van der Waals surface area contributed by atoms with Gasteiger partial charge in [0.25, 0.3) is 0 Å². The normalized spacial score (nSPS) is 27.1. The molecular formula is C13H14F3N3O3S. The number of urea groups is 1. The van der Waals surface area contributed by atoms with Crippen molar-refractivity contribution < 1.29 is 27.9 Å². The first-order chi connectivity index (χ1) is 10.7. The van der Waals surface area contributed by atoms with Crippen LogP contribution in [0, 0.1) is 11.3 Å². The number of rotatable bonds is 2. The van der Waals surface area contributed by atoms with Gasteiger partial charge in [0.2, 0.25) is 0 Å². The SMILES string of the molecule is O=C(Nc1ncc(C(F)(F)F)s1)N1C[C@@H]2CCC[C@@]2(C(=O)O)C1. The molecule has 0 spiro atoms.